The Labute approximate surface area is 112 Å². The summed E-state index contributed by atoms with van der Waals surface area (Å²) in [6.45, 7) is 4.30. The lowest BCUT2D eigenvalue weighted by molar-refractivity contribution is 0.817. The minimum Gasteiger partial charge on any atom is -0.264 e. The Kier molecular flexibility index (Phi) is 2.95. The Morgan fingerprint density at radius 2 is 1.84 bits per heavy atom. The van der Waals surface area contributed by atoms with E-state index in [-0.39, 0.29) is 0 Å². The van der Waals surface area contributed by atoms with Crippen molar-refractivity contribution in [3.8, 4) is 11.1 Å². The maximum absolute atomic E-state index is 4.41. The average molecular weight is 249 g/mol. The number of benzene rings is 1. The van der Waals surface area contributed by atoms with Gasteiger partial charge in [0.25, 0.3) is 0 Å². The third-order valence-corrected chi connectivity index (χ3v) is 3.24. The second-order valence-electron chi connectivity index (χ2n) is 4.91. The van der Waals surface area contributed by atoms with Crippen LogP contribution in [0.15, 0.2) is 49.2 Å². The van der Waals surface area contributed by atoms with Crippen LogP contribution in [0.1, 0.15) is 25.5 Å². The Hall–Kier alpha value is -2.29. The molecule has 3 rings (SSSR count). The number of nitrogens with zero attached hydrogens (tertiary/aromatic N) is 3. The van der Waals surface area contributed by atoms with Gasteiger partial charge in [-0.05, 0) is 29.0 Å². The molecule has 0 unspecified atom stereocenters. The fraction of sp³-hybridized carbons (Fsp3) is 0.188. The van der Waals surface area contributed by atoms with Crippen molar-refractivity contribution in [1.82, 2.24) is 15.0 Å². The van der Waals surface area contributed by atoms with E-state index in [0.717, 1.165) is 22.2 Å². The van der Waals surface area contributed by atoms with E-state index in [0.29, 0.717) is 5.92 Å². The molecule has 3 heteroatoms. The van der Waals surface area contributed by atoms with Gasteiger partial charge in [0, 0.05) is 29.5 Å². The van der Waals surface area contributed by atoms with Gasteiger partial charge in [-0.3, -0.25) is 4.98 Å². The van der Waals surface area contributed by atoms with E-state index in [1.54, 1.807) is 6.33 Å². The molecule has 0 aliphatic carbocycles. The molecule has 2 aromatic heterocycles. The van der Waals surface area contributed by atoms with Crippen LogP contribution in [0.25, 0.3) is 21.9 Å². The molecule has 2 heterocycles. The quantitative estimate of drug-likeness (QED) is 0.693. The molecule has 0 N–H and O–H groups in total. The number of rotatable bonds is 2. The van der Waals surface area contributed by atoms with Crippen molar-refractivity contribution in [3.63, 3.8) is 0 Å². The average Bonchev–Trinajstić information content (AvgIpc) is 2.46. The summed E-state index contributed by atoms with van der Waals surface area (Å²) in [5.41, 5.74) is 3.35. The fourth-order valence-electron chi connectivity index (χ4n) is 2.27. The van der Waals surface area contributed by atoms with Crippen molar-refractivity contribution in [1.29, 1.82) is 0 Å². The van der Waals surface area contributed by atoms with Gasteiger partial charge in [0.15, 0.2) is 0 Å². The Balaban J connectivity index is 2.19. The van der Waals surface area contributed by atoms with E-state index in [9.17, 15) is 0 Å². The van der Waals surface area contributed by atoms with E-state index in [1.807, 2.05) is 24.7 Å². The molecule has 0 radical (unpaired) electrons. The summed E-state index contributed by atoms with van der Waals surface area (Å²) in [6.07, 6.45) is 7.20. The molecule has 3 aromatic rings. The molecule has 0 spiro atoms. The number of hydrogen-bond donors (Lipinski definition) is 0. The van der Waals surface area contributed by atoms with Gasteiger partial charge in [-0.2, -0.15) is 0 Å². The zero-order chi connectivity index (χ0) is 13.2. The van der Waals surface area contributed by atoms with E-state index in [2.05, 4.69) is 47.0 Å². The summed E-state index contributed by atoms with van der Waals surface area (Å²) in [7, 11) is 0. The van der Waals surface area contributed by atoms with Gasteiger partial charge in [-0.15, -0.1) is 0 Å². The van der Waals surface area contributed by atoms with Crippen LogP contribution in [-0.4, -0.2) is 15.0 Å². The SMILES string of the molecule is CC(C)c1ncncc1-c1ccc2cnccc2c1. The third-order valence-electron chi connectivity index (χ3n) is 3.24. The summed E-state index contributed by atoms with van der Waals surface area (Å²) in [6, 6.07) is 8.39. The molecular weight excluding hydrogens is 234 g/mol. The first-order valence-electron chi connectivity index (χ1n) is 6.40. The molecule has 94 valence electrons. The molecule has 3 nitrogen and oxygen atoms in total. The summed E-state index contributed by atoms with van der Waals surface area (Å²) >= 11 is 0. The van der Waals surface area contributed by atoms with Crippen LogP contribution in [0.3, 0.4) is 0 Å². The van der Waals surface area contributed by atoms with Crippen LogP contribution in [0.4, 0.5) is 0 Å². The van der Waals surface area contributed by atoms with Crippen molar-refractivity contribution < 1.29 is 0 Å². The fourth-order valence-corrected chi connectivity index (χ4v) is 2.27. The Morgan fingerprint density at radius 3 is 2.68 bits per heavy atom. The Morgan fingerprint density at radius 1 is 0.947 bits per heavy atom. The monoisotopic (exact) mass is 249 g/mol. The molecule has 0 saturated heterocycles. The molecule has 0 fully saturated rings. The largest absolute Gasteiger partial charge is 0.264 e. The van der Waals surface area contributed by atoms with Crippen LogP contribution in [-0.2, 0) is 0 Å². The van der Waals surface area contributed by atoms with Crippen LogP contribution in [0.2, 0.25) is 0 Å². The Bertz CT molecular complexity index is 720. The highest BCUT2D eigenvalue weighted by Gasteiger charge is 2.10. The van der Waals surface area contributed by atoms with E-state index in [4.69, 9.17) is 0 Å². The molecule has 0 saturated carbocycles. The second kappa shape index (κ2) is 4.76. The lowest BCUT2D eigenvalue weighted by atomic mass is 9.97. The first-order valence-corrected chi connectivity index (χ1v) is 6.40. The maximum Gasteiger partial charge on any atom is 0.115 e. The van der Waals surface area contributed by atoms with Crippen LogP contribution in [0.5, 0.6) is 0 Å². The molecule has 0 aliphatic rings. The van der Waals surface area contributed by atoms with Crippen molar-refractivity contribution >= 4 is 10.8 Å². The summed E-state index contributed by atoms with van der Waals surface area (Å²) in [4.78, 5) is 12.7. The van der Waals surface area contributed by atoms with Gasteiger partial charge in [0.2, 0.25) is 0 Å². The predicted molar refractivity (Wildman–Crippen MR) is 76.9 cm³/mol. The first-order chi connectivity index (χ1) is 9.25. The topological polar surface area (TPSA) is 38.7 Å². The normalized spacial score (nSPS) is 11.1. The van der Waals surface area contributed by atoms with Gasteiger partial charge < -0.3 is 0 Å². The second-order valence-corrected chi connectivity index (χ2v) is 4.91. The summed E-state index contributed by atoms with van der Waals surface area (Å²) in [5.74, 6) is 0.381. The zero-order valence-electron chi connectivity index (χ0n) is 11.0. The molecular formula is C16H15N3. The molecule has 0 atom stereocenters. The number of aromatic nitrogens is 3. The van der Waals surface area contributed by atoms with Crippen LogP contribution in [0, 0.1) is 0 Å². The van der Waals surface area contributed by atoms with E-state index in [1.165, 1.54) is 5.39 Å². The molecule has 0 amide bonds. The highest BCUT2D eigenvalue weighted by molar-refractivity contribution is 5.86. The molecule has 0 bridgehead atoms. The maximum atomic E-state index is 4.41. The van der Waals surface area contributed by atoms with Crippen LogP contribution < -0.4 is 0 Å². The smallest absolute Gasteiger partial charge is 0.115 e. The van der Waals surface area contributed by atoms with Crippen molar-refractivity contribution in [3.05, 3.63) is 54.9 Å². The van der Waals surface area contributed by atoms with Crippen molar-refractivity contribution in [2.24, 2.45) is 0 Å². The number of pyridine rings is 1. The van der Waals surface area contributed by atoms with E-state index < -0.39 is 0 Å². The molecule has 1 aromatic carbocycles. The third kappa shape index (κ3) is 2.19. The highest BCUT2D eigenvalue weighted by Crippen LogP contribution is 2.28. The van der Waals surface area contributed by atoms with Gasteiger partial charge in [0.1, 0.15) is 6.33 Å². The highest BCUT2D eigenvalue weighted by atomic mass is 14.8. The van der Waals surface area contributed by atoms with Crippen LogP contribution >= 0.6 is 0 Å². The van der Waals surface area contributed by atoms with Crippen molar-refractivity contribution in [2.45, 2.75) is 19.8 Å². The summed E-state index contributed by atoms with van der Waals surface area (Å²) in [5, 5.41) is 2.33. The lowest BCUT2D eigenvalue weighted by Gasteiger charge is -2.11. The van der Waals surface area contributed by atoms with Gasteiger partial charge >= 0.3 is 0 Å². The number of hydrogen-bond acceptors (Lipinski definition) is 3. The minimum absolute atomic E-state index is 0.381. The molecule has 19 heavy (non-hydrogen) atoms. The minimum atomic E-state index is 0.381. The number of fused-ring (bicyclic) bond motifs is 1. The summed E-state index contributed by atoms with van der Waals surface area (Å²) < 4.78 is 0. The van der Waals surface area contributed by atoms with Gasteiger partial charge in [-0.25, -0.2) is 9.97 Å². The van der Waals surface area contributed by atoms with Gasteiger partial charge in [-0.1, -0.05) is 26.0 Å². The first kappa shape index (κ1) is 11.8. The standard InChI is InChI=1S/C16H15N3/c1-11(2)16-15(9-18-10-19-16)13-3-4-14-8-17-6-5-12(14)7-13/h3-11H,1-2H3. The lowest BCUT2D eigenvalue weighted by Crippen LogP contribution is -1.97. The zero-order valence-corrected chi connectivity index (χ0v) is 11.0. The van der Waals surface area contributed by atoms with E-state index >= 15 is 0 Å². The van der Waals surface area contributed by atoms with Crippen molar-refractivity contribution in [2.75, 3.05) is 0 Å². The van der Waals surface area contributed by atoms with Gasteiger partial charge in [0.05, 0.1) is 5.69 Å². The molecule has 0 aliphatic heterocycles. The predicted octanol–water partition coefficient (Wildman–Crippen LogP) is 3.82.